The first kappa shape index (κ1) is 17.2. The zero-order valence-corrected chi connectivity index (χ0v) is 12.7. The van der Waals surface area contributed by atoms with E-state index in [0.717, 1.165) is 32.1 Å². The van der Waals surface area contributed by atoms with Crippen LogP contribution < -0.4 is 4.74 Å². The maximum atomic E-state index is 11.6. The molecule has 0 heterocycles. The Hall–Kier alpha value is -1.84. The number of rotatable bonds is 10. The molecule has 0 amide bonds. The van der Waals surface area contributed by atoms with Crippen LogP contribution in [0.2, 0.25) is 0 Å². The summed E-state index contributed by atoms with van der Waals surface area (Å²) in [6.45, 7) is 2.26. The quantitative estimate of drug-likeness (QED) is 0.373. The second-order valence-corrected chi connectivity index (χ2v) is 4.86. The van der Waals surface area contributed by atoms with E-state index in [2.05, 4.69) is 0 Å². The minimum atomic E-state index is -0.187. The lowest BCUT2D eigenvalue weighted by Crippen LogP contribution is -2.07. The normalized spacial score (nSPS) is 10.1. The van der Waals surface area contributed by atoms with Crippen LogP contribution in [0.3, 0.4) is 0 Å². The average Bonchev–Trinajstić information content (AvgIpc) is 2.47. The first-order valence-corrected chi connectivity index (χ1v) is 7.63. The van der Waals surface area contributed by atoms with Gasteiger partial charge in [0.15, 0.2) is 0 Å². The maximum absolute atomic E-state index is 11.6. The van der Waals surface area contributed by atoms with E-state index in [0.29, 0.717) is 25.2 Å². The van der Waals surface area contributed by atoms with Crippen molar-refractivity contribution in [2.24, 2.45) is 0 Å². The highest BCUT2D eigenvalue weighted by Crippen LogP contribution is 2.12. The van der Waals surface area contributed by atoms with Gasteiger partial charge in [-0.05, 0) is 31.9 Å². The predicted octanol–water partition coefficient (Wildman–Crippen LogP) is 3.89. The minimum absolute atomic E-state index is 0.121. The fraction of sp³-hybridized carbons (Fsp3) is 0.529. The maximum Gasteiger partial charge on any atom is 0.311 e. The molecule has 0 fully saturated rings. The van der Waals surface area contributed by atoms with Gasteiger partial charge in [0, 0.05) is 12.8 Å². The largest absolute Gasteiger partial charge is 0.466 e. The monoisotopic (exact) mass is 292 g/mol. The van der Waals surface area contributed by atoms with E-state index >= 15 is 0 Å². The number of esters is 2. The summed E-state index contributed by atoms with van der Waals surface area (Å²) >= 11 is 0. The van der Waals surface area contributed by atoms with E-state index in [9.17, 15) is 9.59 Å². The molecule has 0 bridgehead atoms. The molecule has 0 radical (unpaired) electrons. The molecule has 0 aliphatic carbocycles. The van der Waals surface area contributed by atoms with Crippen molar-refractivity contribution in [3.63, 3.8) is 0 Å². The van der Waals surface area contributed by atoms with Crippen LogP contribution in [0, 0.1) is 0 Å². The summed E-state index contributed by atoms with van der Waals surface area (Å²) in [5, 5.41) is 0. The van der Waals surface area contributed by atoms with Gasteiger partial charge in [-0.3, -0.25) is 9.59 Å². The molecule has 21 heavy (non-hydrogen) atoms. The van der Waals surface area contributed by atoms with Gasteiger partial charge in [0.1, 0.15) is 5.75 Å². The van der Waals surface area contributed by atoms with E-state index in [1.165, 1.54) is 0 Å². The van der Waals surface area contributed by atoms with Crippen molar-refractivity contribution in [3.8, 4) is 5.75 Å². The fourth-order valence-electron chi connectivity index (χ4n) is 1.97. The number of carbonyl (C=O) groups excluding carboxylic acids is 2. The predicted molar refractivity (Wildman–Crippen MR) is 81.0 cm³/mol. The third kappa shape index (κ3) is 8.84. The summed E-state index contributed by atoms with van der Waals surface area (Å²) in [5.74, 6) is 0.286. The number of hydrogen-bond acceptors (Lipinski definition) is 4. The third-order valence-electron chi connectivity index (χ3n) is 3.04. The summed E-state index contributed by atoms with van der Waals surface area (Å²) < 4.78 is 10.1. The van der Waals surface area contributed by atoms with Crippen molar-refractivity contribution in [1.82, 2.24) is 0 Å². The molecule has 1 aromatic carbocycles. The number of hydrogen-bond donors (Lipinski definition) is 0. The van der Waals surface area contributed by atoms with Gasteiger partial charge in [-0.15, -0.1) is 0 Å². The number of benzene rings is 1. The Morgan fingerprint density at radius 3 is 2.05 bits per heavy atom. The summed E-state index contributed by atoms with van der Waals surface area (Å²) in [6.07, 6.45) is 5.60. The van der Waals surface area contributed by atoms with Gasteiger partial charge in [-0.1, -0.05) is 37.5 Å². The van der Waals surface area contributed by atoms with Gasteiger partial charge in [0.25, 0.3) is 0 Å². The van der Waals surface area contributed by atoms with Crippen molar-refractivity contribution in [3.05, 3.63) is 30.3 Å². The number of carbonyl (C=O) groups is 2. The second kappa shape index (κ2) is 10.9. The smallest absolute Gasteiger partial charge is 0.311 e. The Kier molecular flexibility index (Phi) is 8.93. The topological polar surface area (TPSA) is 52.6 Å². The summed E-state index contributed by atoms with van der Waals surface area (Å²) in [6, 6.07) is 9.10. The zero-order valence-electron chi connectivity index (χ0n) is 12.7. The van der Waals surface area contributed by atoms with Crippen molar-refractivity contribution < 1.29 is 19.1 Å². The molecule has 4 heteroatoms. The lowest BCUT2D eigenvalue weighted by Gasteiger charge is -2.04. The molecule has 116 valence electrons. The van der Waals surface area contributed by atoms with Crippen molar-refractivity contribution in [2.75, 3.05) is 6.61 Å². The van der Waals surface area contributed by atoms with Crippen LogP contribution in [0.5, 0.6) is 5.75 Å². The molecule has 1 aromatic rings. The molecule has 0 N–H and O–H groups in total. The molecule has 0 aliphatic heterocycles. The van der Waals surface area contributed by atoms with E-state index in [-0.39, 0.29) is 11.9 Å². The Balaban J connectivity index is 1.97. The van der Waals surface area contributed by atoms with Crippen molar-refractivity contribution in [1.29, 1.82) is 0 Å². The van der Waals surface area contributed by atoms with E-state index < -0.39 is 0 Å². The van der Waals surface area contributed by atoms with Crippen molar-refractivity contribution >= 4 is 11.9 Å². The third-order valence-corrected chi connectivity index (χ3v) is 3.04. The van der Waals surface area contributed by atoms with E-state index in [4.69, 9.17) is 9.47 Å². The molecule has 0 aromatic heterocycles. The van der Waals surface area contributed by atoms with Gasteiger partial charge in [0.05, 0.1) is 6.61 Å². The van der Waals surface area contributed by atoms with Crippen LogP contribution in [-0.2, 0) is 14.3 Å². The molecule has 0 spiro atoms. The highest BCUT2D eigenvalue weighted by Gasteiger charge is 2.04. The number of unbranched alkanes of at least 4 members (excludes halogenated alkanes) is 4. The first-order valence-electron chi connectivity index (χ1n) is 7.63. The van der Waals surface area contributed by atoms with Crippen LogP contribution in [0.4, 0.5) is 0 Å². The number of ether oxygens (including phenoxy) is 2. The number of para-hydroxylation sites is 1. The Bertz CT molecular complexity index is 414. The van der Waals surface area contributed by atoms with Gasteiger partial charge in [-0.2, -0.15) is 0 Å². The highest BCUT2D eigenvalue weighted by atomic mass is 16.5. The zero-order chi connectivity index (χ0) is 15.3. The first-order chi connectivity index (χ1) is 10.2. The van der Waals surface area contributed by atoms with Crippen LogP contribution in [0.25, 0.3) is 0 Å². The van der Waals surface area contributed by atoms with E-state index in [1.807, 2.05) is 25.1 Å². The van der Waals surface area contributed by atoms with Gasteiger partial charge in [0.2, 0.25) is 0 Å². The van der Waals surface area contributed by atoms with Gasteiger partial charge in [-0.25, -0.2) is 0 Å². The summed E-state index contributed by atoms with van der Waals surface area (Å²) in [5.41, 5.74) is 0. The Labute approximate surface area is 126 Å². The standard InChI is InChI=1S/C17H24O4/c1-2-20-16(18)13-9-4-3-5-10-14-17(19)21-15-11-7-6-8-12-15/h6-8,11-12H,2-5,9-10,13-14H2,1H3. The fourth-order valence-corrected chi connectivity index (χ4v) is 1.97. The summed E-state index contributed by atoms with van der Waals surface area (Å²) in [4.78, 5) is 22.7. The van der Waals surface area contributed by atoms with Crippen LogP contribution >= 0.6 is 0 Å². The molecule has 0 saturated carbocycles. The molecule has 0 atom stereocenters. The molecule has 1 rings (SSSR count). The van der Waals surface area contributed by atoms with Gasteiger partial charge >= 0.3 is 11.9 Å². The van der Waals surface area contributed by atoms with Crippen LogP contribution in [0.1, 0.15) is 51.9 Å². The SMILES string of the molecule is CCOC(=O)CCCCCCCC(=O)Oc1ccccc1. The molecule has 4 nitrogen and oxygen atoms in total. The van der Waals surface area contributed by atoms with Crippen LogP contribution in [0.15, 0.2) is 30.3 Å². The molecular weight excluding hydrogens is 268 g/mol. The lowest BCUT2D eigenvalue weighted by atomic mass is 10.1. The second-order valence-electron chi connectivity index (χ2n) is 4.86. The minimum Gasteiger partial charge on any atom is -0.466 e. The molecule has 0 unspecified atom stereocenters. The van der Waals surface area contributed by atoms with Crippen molar-refractivity contribution in [2.45, 2.75) is 51.9 Å². The Morgan fingerprint density at radius 1 is 0.857 bits per heavy atom. The van der Waals surface area contributed by atoms with Gasteiger partial charge < -0.3 is 9.47 Å². The molecule has 0 saturated heterocycles. The van der Waals surface area contributed by atoms with E-state index in [1.54, 1.807) is 12.1 Å². The highest BCUT2D eigenvalue weighted by molar-refractivity contribution is 5.72. The lowest BCUT2D eigenvalue weighted by molar-refractivity contribution is -0.143. The Morgan fingerprint density at radius 2 is 1.43 bits per heavy atom. The average molecular weight is 292 g/mol. The molecule has 0 aliphatic rings. The van der Waals surface area contributed by atoms with Crippen LogP contribution in [-0.4, -0.2) is 18.5 Å². The molecular formula is C17H24O4. The summed E-state index contributed by atoms with van der Waals surface area (Å²) in [7, 11) is 0.